The summed E-state index contributed by atoms with van der Waals surface area (Å²) >= 11 is 4.98. The van der Waals surface area contributed by atoms with Gasteiger partial charge in [0.1, 0.15) is 6.04 Å². The van der Waals surface area contributed by atoms with Crippen molar-refractivity contribution in [3.8, 4) is 10.7 Å². The molecule has 0 aliphatic carbocycles. The summed E-state index contributed by atoms with van der Waals surface area (Å²) in [5, 5.41) is 9.25. The van der Waals surface area contributed by atoms with Gasteiger partial charge in [-0.1, -0.05) is 5.16 Å². The molecule has 1 fully saturated rings. The van der Waals surface area contributed by atoms with Crippen molar-refractivity contribution in [3.05, 3.63) is 21.8 Å². The number of hydrogen-bond acceptors (Lipinski definition) is 6. The first-order valence-corrected chi connectivity index (χ1v) is 6.89. The summed E-state index contributed by atoms with van der Waals surface area (Å²) < 4.78 is 11.6. The average Bonchev–Trinajstić information content (AvgIpc) is 2.98. The van der Waals surface area contributed by atoms with E-state index in [0.29, 0.717) is 18.3 Å². The minimum atomic E-state index is 0. The highest BCUT2D eigenvalue weighted by Crippen LogP contribution is 2.28. The first-order chi connectivity index (χ1) is 8.33. The van der Waals surface area contributed by atoms with Crippen molar-refractivity contribution in [3.63, 3.8) is 0 Å². The lowest BCUT2D eigenvalue weighted by molar-refractivity contribution is 0.0659. The van der Waals surface area contributed by atoms with Gasteiger partial charge in [0, 0.05) is 16.4 Å². The van der Waals surface area contributed by atoms with Crippen LogP contribution in [0.4, 0.5) is 0 Å². The van der Waals surface area contributed by atoms with Crippen LogP contribution in [0.5, 0.6) is 0 Å². The van der Waals surface area contributed by atoms with E-state index < -0.39 is 0 Å². The summed E-state index contributed by atoms with van der Waals surface area (Å²) in [7, 11) is 0. The Balaban J connectivity index is 0.00000120. The van der Waals surface area contributed by atoms with Gasteiger partial charge in [0.2, 0.25) is 11.7 Å². The standard InChI is InChI=1S/C10H10BrN3O2S.ClH/c11-6-3-8(17-5-6)9-13-10(16-14-9)7-4-15-2-1-12-7;/h3,5,7,12H,1-2,4H2;1H. The van der Waals surface area contributed by atoms with Crippen molar-refractivity contribution in [2.45, 2.75) is 6.04 Å². The molecule has 0 radical (unpaired) electrons. The minimum absolute atomic E-state index is 0. The van der Waals surface area contributed by atoms with E-state index in [9.17, 15) is 0 Å². The van der Waals surface area contributed by atoms with Crippen molar-refractivity contribution in [2.75, 3.05) is 19.8 Å². The molecule has 0 amide bonds. The molecule has 0 spiro atoms. The Morgan fingerprint density at radius 1 is 1.50 bits per heavy atom. The van der Waals surface area contributed by atoms with E-state index in [2.05, 4.69) is 31.4 Å². The summed E-state index contributed by atoms with van der Waals surface area (Å²) in [6.45, 7) is 2.12. The maximum atomic E-state index is 5.36. The normalized spacial score (nSPS) is 19.5. The van der Waals surface area contributed by atoms with Crippen LogP contribution in [0.25, 0.3) is 10.7 Å². The Morgan fingerprint density at radius 2 is 2.39 bits per heavy atom. The van der Waals surface area contributed by atoms with Gasteiger partial charge in [-0.05, 0) is 22.0 Å². The molecule has 8 heteroatoms. The molecular weight excluding hydrogens is 342 g/mol. The predicted octanol–water partition coefficient (Wildman–Crippen LogP) is 2.64. The van der Waals surface area contributed by atoms with E-state index in [1.165, 1.54) is 0 Å². The molecule has 1 saturated heterocycles. The van der Waals surface area contributed by atoms with Crippen molar-refractivity contribution in [2.24, 2.45) is 0 Å². The Bertz CT molecular complexity index is 513. The molecule has 0 saturated carbocycles. The Kier molecular flexibility index (Phi) is 4.74. The number of hydrogen-bond donors (Lipinski definition) is 1. The van der Waals surface area contributed by atoms with Crippen LogP contribution >= 0.6 is 39.7 Å². The average molecular weight is 353 g/mol. The fourth-order valence-corrected chi connectivity index (χ4v) is 2.98. The van der Waals surface area contributed by atoms with Crippen LogP contribution in [-0.2, 0) is 4.74 Å². The number of halogens is 2. The molecule has 1 aliphatic heterocycles. The van der Waals surface area contributed by atoms with Crippen molar-refractivity contribution in [1.82, 2.24) is 15.5 Å². The van der Waals surface area contributed by atoms with E-state index in [0.717, 1.165) is 22.5 Å². The zero-order chi connectivity index (χ0) is 11.7. The Morgan fingerprint density at radius 3 is 3.06 bits per heavy atom. The third-order valence-electron chi connectivity index (χ3n) is 2.45. The van der Waals surface area contributed by atoms with Crippen LogP contribution in [-0.4, -0.2) is 29.9 Å². The molecule has 1 aliphatic rings. The lowest BCUT2D eigenvalue weighted by Crippen LogP contribution is -2.34. The van der Waals surface area contributed by atoms with Crippen LogP contribution in [0.1, 0.15) is 11.9 Å². The van der Waals surface area contributed by atoms with Gasteiger partial charge in [-0.2, -0.15) is 4.98 Å². The van der Waals surface area contributed by atoms with Gasteiger partial charge in [0.05, 0.1) is 18.1 Å². The van der Waals surface area contributed by atoms with Gasteiger partial charge in [0.25, 0.3) is 0 Å². The molecule has 3 rings (SSSR count). The number of thiophene rings is 1. The molecule has 98 valence electrons. The van der Waals surface area contributed by atoms with E-state index in [1.54, 1.807) is 11.3 Å². The molecule has 3 heterocycles. The molecule has 1 atom stereocenters. The minimum Gasteiger partial charge on any atom is -0.378 e. The van der Waals surface area contributed by atoms with Gasteiger partial charge >= 0.3 is 0 Å². The number of morpholine rings is 1. The van der Waals surface area contributed by atoms with Crippen LogP contribution < -0.4 is 5.32 Å². The van der Waals surface area contributed by atoms with E-state index >= 15 is 0 Å². The number of aromatic nitrogens is 2. The van der Waals surface area contributed by atoms with Gasteiger partial charge in [-0.15, -0.1) is 23.7 Å². The zero-order valence-electron chi connectivity index (χ0n) is 9.26. The first-order valence-electron chi connectivity index (χ1n) is 5.22. The molecule has 18 heavy (non-hydrogen) atoms. The molecule has 0 aromatic carbocycles. The van der Waals surface area contributed by atoms with Crippen LogP contribution in [0.15, 0.2) is 20.4 Å². The third-order valence-corrected chi connectivity index (χ3v) is 4.14. The number of nitrogens with one attached hydrogen (secondary N) is 1. The zero-order valence-corrected chi connectivity index (χ0v) is 12.5. The summed E-state index contributed by atoms with van der Waals surface area (Å²) in [6.07, 6.45) is 0. The second-order valence-electron chi connectivity index (χ2n) is 3.67. The fourth-order valence-electron chi connectivity index (χ4n) is 1.63. The number of rotatable bonds is 2. The summed E-state index contributed by atoms with van der Waals surface area (Å²) in [6, 6.07) is 1.98. The molecule has 1 N–H and O–H groups in total. The largest absolute Gasteiger partial charge is 0.378 e. The molecule has 1 unspecified atom stereocenters. The molecular formula is C10H11BrClN3O2S. The number of nitrogens with zero attached hydrogens (tertiary/aromatic N) is 2. The molecule has 2 aromatic rings. The van der Waals surface area contributed by atoms with Gasteiger partial charge in [-0.3, -0.25) is 0 Å². The monoisotopic (exact) mass is 351 g/mol. The predicted molar refractivity (Wildman–Crippen MR) is 74.1 cm³/mol. The van der Waals surface area contributed by atoms with Gasteiger partial charge in [-0.25, -0.2) is 0 Å². The highest BCUT2D eigenvalue weighted by atomic mass is 79.9. The molecule has 5 nitrogen and oxygen atoms in total. The first kappa shape index (κ1) is 14.0. The maximum Gasteiger partial charge on any atom is 0.246 e. The van der Waals surface area contributed by atoms with Crippen LogP contribution in [0, 0.1) is 0 Å². The Hall–Kier alpha value is -0.470. The highest BCUT2D eigenvalue weighted by Gasteiger charge is 2.22. The highest BCUT2D eigenvalue weighted by molar-refractivity contribution is 9.10. The SMILES string of the molecule is Brc1csc(-c2noc(C3COCCN3)n2)c1.Cl. The summed E-state index contributed by atoms with van der Waals surface area (Å²) in [5.41, 5.74) is 0. The lowest BCUT2D eigenvalue weighted by atomic mass is 10.3. The third kappa shape index (κ3) is 2.92. The van der Waals surface area contributed by atoms with Gasteiger partial charge in [0.15, 0.2) is 0 Å². The van der Waals surface area contributed by atoms with Crippen molar-refractivity contribution < 1.29 is 9.26 Å². The van der Waals surface area contributed by atoms with Gasteiger partial charge < -0.3 is 14.6 Å². The Labute approximate surface area is 122 Å². The lowest BCUT2D eigenvalue weighted by Gasteiger charge is -2.20. The maximum absolute atomic E-state index is 5.36. The van der Waals surface area contributed by atoms with E-state index in [1.807, 2.05) is 11.4 Å². The van der Waals surface area contributed by atoms with E-state index in [4.69, 9.17) is 9.26 Å². The summed E-state index contributed by atoms with van der Waals surface area (Å²) in [5.74, 6) is 1.22. The quantitative estimate of drug-likeness (QED) is 0.900. The van der Waals surface area contributed by atoms with Crippen molar-refractivity contribution >= 4 is 39.7 Å². The van der Waals surface area contributed by atoms with Crippen LogP contribution in [0.2, 0.25) is 0 Å². The van der Waals surface area contributed by atoms with Crippen LogP contribution in [0.3, 0.4) is 0 Å². The van der Waals surface area contributed by atoms with E-state index in [-0.39, 0.29) is 18.4 Å². The molecule has 0 bridgehead atoms. The molecule has 2 aromatic heterocycles. The fraction of sp³-hybridized carbons (Fsp3) is 0.400. The number of ether oxygens (including phenoxy) is 1. The second kappa shape index (κ2) is 6.12. The topological polar surface area (TPSA) is 60.2 Å². The summed E-state index contributed by atoms with van der Waals surface area (Å²) in [4.78, 5) is 5.38. The van der Waals surface area contributed by atoms with Crippen molar-refractivity contribution in [1.29, 1.82) is 0 Å². The smallest absolute Gasteiger partial charge is 0.246 e. The second-order valence-corrected chi connectivity index (χ2v) is 5.49.